The molecule has 0 aliphatic rings. The van der Waals surface area contributed by atoms with Crippen molar-refractivity contribution in [3.05, 3.63) is 11.6 Å². The van der Waals surface area contributed by atoms with E-state index in [0.29, 0.717) is 6.42 Å². The molecule has 0 aliphatic heterocycles. The summed E-state index contributed by atoms with van der Waals surface area (Å²) in [5.74, 6) is -2.08. The van der Waals surface area contributed by atoms with E-state index in [0.717, 1.165) is 0 Å². The molecular formula is C9H14O4. The third kappa shape index (κ3) is 4.30. The molecule has 4 heteroatoms. The Labute approximate surface area is 76.9 Å². The van der Waals surface area contributed by atoms with E-state index in [4.69, 9.17) is 10.2 Å². The highest BCUT2D eigenvalue weighted by molar-refractivity contribution is 5.87. The fourth-order valence-electron chi connectivity index (χ4n) is 1.11. The number of hydrogen-bond acceptors (Lipinski definition) is 2. The molecule has 0 saturated heterocycles. The first-order chi connectivity index (χ1) is 5.99. The van der Waals surface area contributed by atoms with Gasteiger partial charge in [0, 0.05) is 12.0 Å². The third-order valence-electron chi connectivity index (χ3n) is 1.88. The predicted molar refractivity (Wildman–Crippen MR) is 47.4 cm³/mol. The summed E-state index contributed by atoms with van der Waals surface area (Å²) >= 11 is 0. The maximum atomic E-state index is 10.6. The molecule has 0 radical (unpaired) electrons. The number of allylic oxidation sites excluding steroid dienone is 1. The van der Waals surface area contributed by atoms with Crippen LogP contribution in [0.4, 0.5) is 0 Å². The van der Waals surface area contributed by atoms with E-state index < -0.39 is 11.9 Å². The van der Waals surface area contributed by atoms with Gasteiger partial charge in [0.1, 0.15) is 0 Å². The largest absolute Gasteiger partial charge is 0.481 e. The van der Waals surface area contributed by atoms with E-state index in [1.165, 1.54) is 6.08 Å². The van der Waals surface area contributed by atoms with Gasteiger partial charge in [-0.3, -0.25) is 4.79 Å². The van der Waals surface area contributed by atoms with Gasteiger partial charge in [0.05, 0.1) is 0 Å². The Bertz CT molecular complexity index is 230. The van der Waals surface area contributed by atoms with Gasteiger partial charge in [0.2, 0.25) is 0 Å². The molecule has 0 aliphatic carbocycles. The average Bonchev–Trinajstić information content (AvgIpc) is 2.01. The maximum absolute atomic E-state index is 10.6. The molecule has 0 aromatic rings. The molecule has 4 nitrogen and oxygen atoms in total. The molecule has 0 saturated carbocycles. The Morgan fingerprint density at radius 3 is 2.23 bits per heavy atom. The number of hydrogen-bond donors (Lipinski definition) is 2. The Balaban J connectivity index is 4.16. The highest BCUT2D eigenvalue weighted by Crippen LogP contribution is 2.16. The molecule has 0 bridgehead atoms. The summed E-state index contributed by atoms with van der Waals surface area (Å²) in [6.07, 6.45) is 1.88. The summed E-state index contributed by atoms with van der Waals surface area (Å²) in [5.41, 5.74) is 0.279. The molecule has 1 unspecified atom stereocenters. The summed E-state index contributed by atoms with van der Waals surface area (Å²) < 4.78 is 0. The minimum atomic E-state index is -0.972. The van der Waals surface area contributed by atoms with Crippen LogP contribution in [0.2, 0.25) is 0 Å². The van der Waals surface area contributed by atoms with Crippen molar-refractivity contribution >= 4 is 11.9 Å². The lowest BCUT2D eigenvalue weighted by molar-refractivity contribution is -0.138. The highest BCUT2D eigenvalue weighted by atomic mass is 16.4. The van der Waals surface area contributed by atoms with Crippen LogP contribution in [-0.2, 0) is 9.59 Å². The molecular weight excluding hydrogens is 172 g/mol. The van der Waals surface area contributed by atoms with Gasteiger partial charge in [-0.15, -0.1) is 0 Å². The monoisotopic (exact) mass is 186 g/mol. The summed E-state index contributed by atoms with van der Waals surface area (Å²) in [7, 11) is 0. The predicted octanol–water partition coefficient (Wildman–Crippen LogP) is 1.52. The minimum absolute atomic E-state index is 0.00574. The standard InChI is InChI=1S/C9H14O4/c1-3-7(9(12)13)6(2)4-5-8(10)11/h3,6H,4-5H2,1-2H3,(H,10,11)(H,12,13). The van der Waals surface area contributed by atoms with E-state index >= 15 is 0 Å². The number of aliphatic carboxylic acids is 2. The quantitative estimate of drug-likeness (QED) is 0.638. The van der Waals surface area contributed by atoms with Crippen LogP contribution in [0.15, 0.2) is 11.6 Å². The number of carbonyl (C=O) groups is 2. The van der Waals surface area contributed by atoms with Crippen molar-refractivity contribution in [3.8, 4) is 0 Å². The lowest BCUT2D eigenvalue weighted by Crippen LogP contribution is -2.11. The maximum Gasteiger partial charge on any atom is 0.331 e. The molecule has 74 valence electrons. The minimum Gasteiger partial charge on any atom is -0.481 e. The fourth-order valence-corrected chi connectivity index (χ4v) is 1.11. The van der Waals surface area contributed by atoms with Gasteiger partial charge in [-0.1, -0.05) is 13.0 Å². The van der Waals surface area contributed by atoms with Gasteiger partial charge >= 0.3 is 11.9 Å². The zero-order valence-corrected chi connectivity index (χ0v) is 7.78. The molecule has 0 spiro atoms. The van der Waals surface area contributed by atoms with Crippen molar-refractivity contribution in [2.45, 2.75) is 26.7 Å². The van der Waals surface area contributed by atoms with E-state index in [-0.39, 0.29) is 17.9 Å². The second-order valence-corrected chi connectivity index (χ2v) is 2.88. The van der Waals surface area contributed by atoms with E-state index in [1.54, 1.807) is 13.8 Å². The third-order valence-corrected chi connectivity index (χ3v) is 1.88. The Morgan fingerprint density at radius 1 is 1.38 bits per heavy atom. The summed E-state index contributed by atoms with van der Waals surface area (Å²) in [6.45, 7) is 3.35. The van der Waals surface area contributed by atoms with Crippen LogP contribution < -0.4 is 0 Å². The smallest absolute Gasteiger partial charge is 0.331 e. The van der Waals surface area contributed by atoms with Crippen LogP contribution in [0.25, 0.3) is 0 Å². The van der Waals surface area contributed by atoms with E-state index in [1.807, 2.05) is 0 Å². The van der Waals surface area contributed by atoms with Crippen molar-refractivity contribution in [1.29, 1.82) is 0 Å². The zero-order valence-electron chi connectivity index (χ0n) is 7.78. The molecule has 1 atom stereocenters. The second kappa shape index (κ2) is 5.35. The molecule has 0 fully saturated rings. The zero-order chi connectivity index (χ0) is 10.4. The lowest BCUT2D eigenvalue weighted by atomic mass is 9.96. The molecule has 0 heterocycles. The molecule has 0 aromatic heterocycles. The first-order valence-electron chi connectivity index (χ1n) is 4.10. The first-order valence-corrected chi connectivity index (χ1v) is 4.10. The van der Waals surface area contributed by atoms with Gasteiger partial charge in [-0.2, -0.15) is 0 Å². The van der Waals surface area contributed by atoms with Crippen LogP contribution in [-0.4, -0.2) is 22.2 Å². The van der Waals surface area contributed by atoms with Crippen LogP contribution >= 0.6 is 0 Å². The number of carboxylic acid groups (broad SMARTS) is 2. The van der Waals surface area contributed by atoms with Crippen LogP contribution in [0.5, 0.6) is 0 Å². The Morgan fingerprint density at radius 2 is 1.92 bits per heavy atom. The van der Waals surface area contributed by atoms with Crippen LogP contribution in [0, 0.1) is 5.92 Å². The van der Waals surface area contributed by atoms with Crippen molar-refractivity contribution in [2.24, 2.45) is 5.92 Å². The van der Waals surface area contributed by atoms with E-state index in [9.17, 15) is 9.59 Å². The van der Waals surface area contributed by atoms with E-state index in [2.05, 4.69) is 0 Å². The Hall–Kier alpha value is -1.32. The molecule has 0 rings (SSSR count). The fraction of sp³-hybridized carbons (Fsp3) is 0.556. The number of rotatable bonds is 5. The van der Waals surface area contributed by atoms with Gasteiger partial charge in [-0.05, 0) is 19.3 Å². The lowest BCUT2D eigenvalue weighted by Gasteiger charge is -2.09. The van der Waals surface area contributed by atoms with Crippen molar-refractivity contribution in [2.75, 3.05) is 0 Å². The van der Waals surface area contributed by atoms with Crippen LogP contribution in [0.1, 0.15) is 26.7 Å². The van der Waals surface area contributed by atoms with Crippen molar-refractivity contribution in [3.63, 3.8) is 0 Å². The van der Waals surface area contributed by atoms with Gasteiger partial charge in [0.25, 0.3) is 0 Å². The normalized spacial score (nSPS) is 13.8. The topological polar surface area (TPSA) is 74.6 Å². The van der Waals surface area contributed by atoms with Crippen molar-refractivity contribution in [1.82, 2.24) is 0 Å². The van der Waals surface area contributed by atoms with Crippen LogP contribution in [0.3, 0.4) is 0 Å². The Kier molecular flexibility index (Phi) is 4.80. The average molecular weight is 186 g/mol. The van der Waals surface area contributed by atoms with Gasteiger partial charge < -0.3 is 10.2 Å². The van der Waals surface area contributed by atoms with Gasteiger partial charge in [-0.25, -0.2) is 4.79 Å². The van der Waals surface area contributed by atoms with Crippen molar-refractivity contribution < 1.29 is 19.8 Å². The summed E-state index contributed by atoms with van der Waals surface area (Å²) in [5, 5.41) is 17.1. The first kappa shape index (κ1) is 11.7. The molecule has 0 aromatic carbocycles. The summed E-state index contributed by atoms with van der Waals surface area (Å²) in [4.78, 5) is 20.8. The molecule has 0 amide bonds. The molecule has 13 heavy (non-hydrogen) atoms. The molecule has 2 N–H and O–H groups in total. The second-order valence-electron chi connectivity index (χ2n) is 2.88. The summed E-state index contributed by atoms with van der Waals surface area (Å²) in [6, 6.07) is 0. The van der Waals surface area contributed by atoms with Gasteiger partial charge in [0.15, 0.2) is 0 Å². The SMILES string of the molecule is CC=C(C(=O)O)C(C)CCC(=O)O. The number of carboxylic acids is 2. The highest BCUT2D eigenvalue weighted by Gasteiger charge is 2.15.